The van der Waals surface area contributed by atoms with Gasteiger partial charge in [0.25, 0.3) is 11.5 Å². The van der Waals surface area contributed by atoms with E-state index in [1.54, 1.807) is 12.3 Å². The lowest BCUT2D eigenvalue weighted by molar-refractivity contribution is 0.0923. The van der Waals surface area contributed by atoms with Crippen molar-refractivity contribution in [2.24, 2.45) is 0 Å². The molecule has 7 heteroatoms. The summed E-state index contributed by atoms with van der Waals surface area (Å²) in [5, 5.41) is 6.29. The number of halogens is 1. The zero-order valence-electron chi connectivity index (χ0n) is 13.2. The minimum atomic E-state index is -0.340. The molecule has 2 unspecified atom stereocenters. The number of rotatable bonds is 2. The lowest BCUT2D eigenvalue weighted by atomic mass is 10.0. The standard InChI is InChI=1S/C16H20N4O2.ClH/c1-10-3-4-14-18-8-13(16(22)20(14)9-10)15(21)19-12-5-6-17-11(2)7-12;/h3-4,8-9,11-12,17H,5-7H2,1-2H3,(H,19,21);1H. The molecular formula is C16H21ClN4O2. The second kappa shape index (κ2) is 7.10. The predicted molar refractivity (Wildman–Crippen MR) is 91.4 cm³/mol. The summed E-state index contributed by atoms with van der Waals surface area (Å²) < 4.78 is 1.43. The van der Waals surface area contributed by atoms with Gasteiger partial charge in [-0.1, -0.05) is 6.07 Å². The van der Waals surface area contributed by atoms with Crippen molar-refractivity contribution in [2.45, 2.75) is 38.8 Å². The van der Waals surface area contributed by atoms with E-state index in [9.17, 15) is 9.59 Å². The van der Waals surface area contributed by atoms with Crippen molar-refractivity contribution in [2.75, 3.05) is 6.54 Å². The molecule has 2 aromatic rings. The first-order valence-corrected chi connectivity index (χ1v) is 7.57. The van der Waals surface area contributed by atoms with E-state index in [2.05, 4.69) is 22.5 Å². The maximum Gasteiger partial charge on any atom is 0.270 e. The molecule has 1 saturated heterocycles. The lowest BCUT2D eigenvalue weighted by Crippen LogP contribution is -2.47. The second-order valence-electron chi connectivity index (χ2n) is 5.96. The van der Waals surface area contributed by atoms with Gasteiger partial charge in [0.1, 0.15) is 11.2 Å². The summed E-state index contributed by atoms with van der Waals surface area (Å²) in [6.07, 6.45) is 4.81. The van der Waals surface area contributed by atoms with Gasteiger partial charge in [0, 0.05) is 24.5 Å². The number of piperidine rings is 1. The van der Waals surface area contributed by atoms with Crippen molar-refractivity contribution in [3.63, 3.8) is 0 Å². The van der Waals surface area contributed by atoms with Crippen molar-refractivity contribution < 1.29 is 4.79 Å². The van der Waals surface area contributed by atoms with Gasteiger partial charge >= 0.3 is 0 Å². The number of carbonyl (C=O) groups excluding carboxylic acids is 1. The van der Waals surface area contributed by atoms with Gasteiger partial charge in [-0.15, -0.1) is 12.4 Å². The Morgan fingerprint density at radius 3 is 2.96 bits per heavy atom. The molecule has 1 amide bonds. The molecule has 0 saturated carbocycles. The Balaban J connectivity index is 0.00000192. The van der Waals surface area contributed by atoms with Gasteiger partial charge in [-0.2, -0.15) is 0 Å². The molecule has 6 nitrogen and oxygen atoms in total. The highest BCUT2D eigenvalue weighted by molar-refractivity contribution is 5.93. The van der Waals surface area contributed by atoms with Gasteiger partial charge < -0.3 is 10.6 Å². The van der Waals surface area contributed by atoms with E-state index >= 15 is 0 Å². The van der Waals surface area contributed by atoms with E-state index in [0.717, 1.165) is 24.9 Å². The van der Waals surface area contributed by atoms with Crippen LogP contribution in [0.2, 0.25) is 0 Å². The Morgan fingerprint density at radius 1 is 1.43 bits per heavy atom. The number of amides is 1. The van der Waals surface area contributed by atoms with E-state index in [1.807, 2.05) is 13.0 Å². The third-order valence-electron chi connectivity index (χ3n) is 4.05. The molecule has 2 aromatic heterocycles. The SMILES string of the molecule is Cc1ccc2ncc(C(=O)NC3CCNC(C)C3)c(=O)n2c1.Cl. The molecule has 0 aliphatic carbocycles. The summed E-state index contributed by atoms with van der Waals surface area (Å²) in [4.78, 5) is 29.1. The molecule has 3 heterocycles. The number of carbonyl (C=O) groups is 1. The first-order chi connectivity index (χ1) is 10.5. The van der Waals surface area contributed by atoms with E-state index in [-0.39, 0.29) is 35.5 Å². The van der Waals surface area contributed by atoms with Crippen molar-refractivity contribution in [1.29, 1.82) is 0 Å². The zero-order valence-corrected chi connectivity index (χ0v) is 14.0. The van der Waals surface area contributed by atoms with Crippen LogP contribution in [0.4, 0.5) is 0 Å². The van der Waals surface area contributed by atoms with Crippen LogP contribution in [-0.2, 0) is 0 Å². The summed E-state index contributed by atoms with van der Waals surface area (Å²) in [5.41, 5.74) is 1.26. The lowest BCUT2D eigenvalue weighted by Gasteiger charge is -2.28. The first-order valence-electron chi connectivity index (χ1n) is 7.57. The number of hydrogen-bond acceptors (Lipinski definition) is 4. The van der Waals surface area contributed by atoms with Crippen LogP contribution in [0.15, 0.2) is 29.3 Å². The van der Waals surface area contributed by atoms with Crippen LogP contribution in [-0.4, -0.2) is 33.9 Å². The number of pyridine rings is 1. The Bertz CT molecular complexity index is 774. The molecule has 1 fully saturated rings. The van der Waals surface area contributed by atoms with Gasteiger partial charge in [-0.05, 0) is 44.9 Å². The first kappa shape index (κ1) is 17.4. The van der Waals surface area contributed by atoms with Crippen molar-refractivity contribution >= 4 is 24.0 Å². The van der Waals surface area contributed by atoms with Crippen LogP contribution >= 0.6 is 12.4 Å². The molecule has 1 aliphatic heterocycles. The van der Waals surface area contributed by atoms with E-state index < -0.39 is 0 Å². The van der Waals surface area contributed by atoms with Crippen LogP contribution in [0.5, 0.6) is 0 Å². The van der Waals surface area contributed by atoms with Crippen LogP contribution < -0.4 is 16.2 Å². The second-order valence-corrected chi connectivity index (χ2v) is 5.96. The Morgan fingerprint density at radius 2 is 2.22 bits per heavy atom. The molecule has 0 aromatic carbocycles. The molecule has 23 heavy (non-hydrogen) atoms. The van der Waals surface area contributed by atoms with Crippen molar-refractivity contribution in [1.82, 2.24) is 20.0 Å². The molecule has 2 N–H and O–H groups in total. The molecule has 0 bridgehead atoms. The molecule has 0 radical (unpaired) electrons. The topological polar surface area (TPSA) is 75.5 Å². The number of nitrogens with one attached hydrogen (secondary N) is 2. The third-order valence-corrected chi connectivity index (χ3v) is 4.05. The summed E-state index contributed by atoms with van der Waals surface area (Å²) in [5.74, 6) is -0.340. The largest absolute Gasteiger partial charge is 0.349 e. The van der Waals surface area contributed by atoms with Crippen LogP contribution in [0.3, 0.4) is 0 Å². The molecule has 0 spiro atoms. The molecule has 2 atom stereocenters. The summed E-state index contributed by atoms with van der Waals surface area (Å²) >= 11 is 0. The third kappa shape index (κ3) is 3.71. The fourth-order valence-electron chi connectivity index (χ4n) is 2.86. The molecule has 1 aliphatic rings. The predicted octanol–water partition coefficient (Wildman–Crippen LogP) is 1.30. The van der Waals surface area contributed by atoms with Gasteiger partial charge in [0.05, 0.1) is 0 Å². The quantitative estimate of drug-likeness (QED) is 0.866. The summed E-state index contributed by atoms with van der Waals surface area (Å²) in [6.45, 7) is 4.86. The average molecular weight is 337 g/mol. The highest BCUT2D eigenvalue weighted by Crippen LogP contribution is 2.09. The van der Waals surface area contributed by atoms with E-state index in [1.165, 1.54) is 10.6 Å². The maximum atomic E-state index is 12.5. The number of aryl methyl sites for hydroxylation is 1. The van der Waals surface area contributed by atoms with Gasteiger partial charge in [0.2, 0.25) is 0 Å². The molecular weight excluding hydrogens is 316 g/mol. The summed E-state index contributed by atoms with van der Waals surface area (Å²) in [7, 11) is 0. The van der Waals surface area contributed by atoms with Crippen molar-refractivity contribution in [3.05, 3.63) is 46.0 Å². The van der Waals surface area contributed by atoms with E-state index in [4.69, 9.17) is 0 Å². The van der Waals surface area contributed by atoms with Crippen molar-refractivity contribution in [3.8, 4) is 0 Å². The minimum absolute atomic E-state index is 0. The fraction of sp³-hybridized carbons (Fsp3) is 0.438. The average Bonchev–Trinajstić information content (AvgIpc) is 2.48. The van der Waals surface area contributed by atoms with E-state index in [0.29, 0.717) is 11.7 Å². The summed E-state index contributed by atoms with van der Waals surface area (Å²) in [6, 6.07) is 4.13. The number of nitrogens with zero attached hydrogens (tertiary/aromatic N) is 2. The molecule has 3 rings (SSSR count). The zero-order chi connectivity index (χ0) is 15.7. The minimum Gasteiger partial charge on any atom is -0.349 e. The van der Waals surface area contributed by atoms with Crippen LogP contribution in [0.25, 0.3) is 5.65 Å². The maximum absolute atomic E-state index is 12.5. The van der Waals surface area contributed by atoms with Crippen LogP contribution in [0, 0.1) is 6.92 Å². The monoisotopic (exact) mass is 336 g/mol. The Hall–Kier alpha value is -1.92. The number of aromatic nitrogens is 2. The Kier molecular flexibility index (Phi) is 5.38. The fourth-order valence-corrected chi connectivity index (χ4v) is 2.86. The van der Waals surface area contributed by atoms with Crippen LogP contribution in [0.1, 0.15) is 35.7 Å². The van der Waals surface area contributed by atoms with Gasteiger partial charge in [0.15, 0.2) is 0 Å². The van der Waals surface area contributed by atoms with Gasteiger partial charge in [-0.25, -0.2) is 4.98 Å². The Labute approximate surface area is 140 Å². The normalized spacial score (nSPS) is 20.8. The smallest absolute Gasteiger partial charge is 0.270 e. The number of fused-ring (bicyclic) bond motifs is 1. The number of hydrogen-bond donors (Lipinski definition) is 2. The molecule has 124 valence electrons. The highest BCUT2D eigenvalue weighted by atomic mass is 35.5. The van der Waals surface area contributed by atoms with Gasteiger partial charge in [-0.3, -0.25) is 14.0 Å². The highest BCUT2D eigenvalue weighted by Gasteiger charge is 2.22.